The number of amides is 3. The van der Waals surface area contributed by atoms with Gasteiger partial charge in [0.1, 0.15) is 11.2 Å². The second-order valence-corrected chi connectivity index (χ2v) is 18.3. The highest BCUT2D eigenvalue weighted by molar-refractivity contribution is 7.92. The number of piperidine rings is 1. The summed E-state index contributed by atoms with van der Waals surface area (Å²) in [5.41, 5.74) is 0.510. The summed E-state index contributed by atoms with van der Waals surface area (Å²) in [6.45, 7) is 9.36. The van der Waals surface area contributed by atoms with Crippen LogP contribution in [0.4, 0.5) is 0 Å². The van der Waals surface area contributed by atoms with E-state index >= 15 is 0 Å². The molecule has 3 amide bonds. The molecule has 4 rings (SSSR count). The first-order valence-electron chi connectivity index (χ1n) is 17.1. The highest BCUT2D eigenvalue weighted by Crippen LogP contribution is 2.39. The first kappa shape index (κ1) is 38.7. The Labute approximate surface area is 295 Å². The van der Waals surface area contributed by atoms with Gasteiger partial charge in [0, 0.05) is 31.1 Å². The number of fused-ring (bicyclic) bond motifs is 1. The van der Waals surface area contributed by atoms with E-state index in [2.05, 4.69) is 25.8 Å². The molecule has 49 heavy (non-hydrogen) atoms. The molecule has 4 N–H and O–H groups in total. The number of carbonyl (C=O) groups excluding carboxylic acids is 3. The molecule has 0 bridgehead atoms. The number of likely N-dealkylation sites (tertiary alicyclic amines) is 1. The maximum atomic E-state index is 14.2. The van der Waals surface area contributed by atoms with Gasteiger partial charge in [-0.15, -0.1) is 0 Å². The number of aliphatic hydroxyl groups is 1. The van der Waals surface area contributed by atoms with Gasteiger partial charge in [0.05, 0.1) is 28.5 Å². The van der Waals surface area contributed by atoms with Crippen molar-refractivity contribution in [3.63, 3.8) is 0 Å². The molecule has 1 aliphatic carbocycles. The molecule has 0 spiro atoms. The van der Waals surface area contributed by atoms with Crippen LogP contribution in [0.5, 0.6) is 0 Å². The van der Waals surface area contributed by atoms with Crippen LogP contribution < -0.4 is 16.0 Å². The lowest BCUT2D eigenvalue weighted by Gasteiger charge is -2.47. The molecular formula is C36H52ClN5O6S. The maximum Gasteiger partial charge on any atom is 0.253 e. The van der Waals surface area contributed by atoms with E-state index in [1.807, 2.05) is 51.1 Å². The Bertz CT molecular complexity index is 1560. The third kappa shape index (κ3) is 10.2. The lowest BCUT2D eigenvalue weighted by atomic mass is 9.72. The number of aromatic nitrogens is 1. The highest BCUT2D eigenvalue weighted by Gasteiger charge is 2.46. The number of aliphatic hydroxyl groups excluding tert-OH is 1. The smallest absolute Gasteiger partial charge is 0.253 e. The van der Waals surface area contributed by atoms with Crippen LogP contribution in [0, 0.1) is 11.8 Å². The van der Waals surface area contributed by atoms with Crippen molar-refractivity contribution in [1.29, 1.82) is 0 Å². The monoisotopic (exact) mass is 717 g/mol. The molecule has 1 saturated carbocycles. The third-order valence-electron chi connectivity index (χ3n) is 9.99. The first-order chi connectivity index (χ1) is 22.9. The zero-order valence-electron chi connectivity index (χ0n) is 29.4. The van der Waals surface area contributed by atoms with E-state index in [1.165, 1.54) is 32.2 Å². The van der Waals surface area contributed by atoms with Gasteiger partial charge in [0.25, 0.3) is 5.91 Å². The summed E-state index contributed by atoms with van der Waals surface area (Å²) in [6.07, 6.45) is 6.49. The molecule has 13 heteroatoms. The van der Waals surface area contributed by atoms with Crippen LogP contribution in [0.1, 0.15) is 82.6 Å². The molecule has 1 saturated heterocycles. The lowest BCUT2D eigenvalue weighted by Crippen LogP contribution is -2.64. The van der Waals surface area contributed by atoms with Crippen molar-refractivity contribution in [2.75, 3.05) is 19.3 Å². The molecule has 6 atom stereocenters. The van der Waals surface area contributed by atoms with Crippen molar-refractivity contribution in [3.8, 4) is 0 Å². The summed E-state index contributed by atoms with van der Waals surface area (Å²) in [7, 11) is -3.89. The van der Waals surface area contributed by atoms with E-state index in [1.54, 1.807) is 0 Å². The number of pyridine rings is 1. The standard InChI is InChI=1S/C36H52ClN5O6S/c1-35(2,3)41-33(45)28-19-24-14-10-11-15-26(24)21-42(28)22-29(43)27(18-23-12-8-7-9-13-23)39-34(46)31(36(4,5)49(6,47)48)40-32(44)25-16-17-30(37)38-20-25/h7-9,12-13,16-17,20,24,26-29,31,43H,10-11,14-15,18-19,21-22H2,1-6H3,(H,39,46)(H,40,44)(H,41,45). The summed E-state index contributed by atoms with van der Waals surface area (Å²) in [4.78, 5) is 47.0. The molecule has 2 fully saturated rings. The first-order valence-corrected chi connectivity index (χ1v) is 19.3. The van der Waals surface area contributed by atoms with Gasteiger partial charge in [0.2, 0.25) is 11.8 Å². The highest BCUT2D eigenvalue weighted by atomic mass is 35.5. The molecule has 0 radical (unpaired) electrons. The number of sulfone groups is 1. The van der Waals surface area contributed by atoms with E-state index < -0.39 is 56.2 Å². The van der Waals surface area contributed by atoms with Crippen molar-refractivity contribution in [2.45, 2.75) is 108 Å². The lowest BCUT2D eigenvalue weighted by molar-refractivity contribution is -0.133. The van der Waals surface area contributed by atoms with Crippen LogP contribution in [0.3, 0.4) is 0 Å². The molecule has 1 aliphatic heterocycles. The molecule has 6 unspecified atom stereocenters. The Kier molecular flexibility index (Phi) is 12.5. The number of hydrogen-bond donors (Lipinski definition) is 4. The maximum absolute atomic E-state index is 14.2. The molecule has 2 heterocycles. The topological polar surface area (TPSA) is 158 Å². The Hall–Kier alpha value is -3.06. The summed E-state index contributed by atoms with van der Waals surface area (Å²) in [6, 6.07) is 9.35. The van der Waals surface area contributed by atoms with E-state index in [-0.39, 0.29) is 29.6 Å². The number of carbonyl (C=O) groups is 3. The van der Waals surface area contributed by atoms with Gasteiger partial charge in [0.15, 0.2) is 9.84 Å². The van der Waals surface area contributed by atoms with E-state index in [0.29, 0.717) is 24.8 Å². The van der Waals surface area contributed by atoms with Crippen molar-refractivity contribution < 1.29 is 27.9 Å². The Morgan fingerprint density at radius 2 is 1.65 bits per heavy atom. The van der Waals surface area contributed by atoms with Gasteiger partial charge >= 0.3 is 0 Å². The second kappa shape index (κ2) is 15.9. The van der Waals surface area contributed by atoms with Gasteiger partial charge in [-0.25, -0.2) is 13.4 Å². The van der Waals surface area contributed by atoms with Crippen LogP contribution in [0.25, 0.3) is 0 Å². The predicted octanol–water partition coefficient (Wildman–Crippen LogP) is 3.54. The van der Waals surface area contributed by atoms with Crippen LogP contribution in [0.15, 0.2) is 48.7 Å². The summed E-state index contributed by atoms with van der Waals surface area (Å²) < 4.78 is 24.3. The predicted molar refractivity (Wildman–Crippen MR) is 191 cm³/mol. The Morgan fingerprint density at radius 3 is 2.24 bits per heavy atom. The summed E-state index contributed by atoms with van der Waals surface area (Å²) >= 11 is 5.88. The normalized spacial score (nSPS) is 22.2. The van der Waals surface area contributed by atoms with Crippen molar-refractivity contribution in [1.82, 2.24) is 25.8 Å². The number of rotatable bonds is 12. The Morgan fingerprint density at radius 1 is 1.00 bits per heavy atom. The zero-order chi connectivity index (χ0) is 36.1. The molecule has 11 nitrogen and oxygen atoms in total. The number of nitrogens with one attached hydrogen (secondary N) is 3. The van der Waals surface area contributed by atoms with Crippen molar-refractivity contribution in [3.05, 3.63) is 64.9 Å². The molecule has 2 aromatic rings. The minimum absolute atomic E-state index is 0.0817. The summed E-state index contributed by atoms with van der Waals surface area (Å²) in [5.74, 6) is -0.694. The Balaban J connectivity index is 1.63. The number of hydrogen-bond acceptors (Lipinski definition) is 8. The van der Waals surface area contributed by atoms with Crippen LogP contribution in [-0.2, 0) is 25.8 Å². The van der Waals surface area contributed by atoms with E-state index in [9.17, 15) is 27.9 Å². The van der Waals surface area contributed by atoms with Crippen molar-refractivity contribution in [2.24, 2.45) is 11.8 Å². The average Bonchev–Trinajstić information content (AvgIpc) is 3.02. The summed E-state index contributed by atoms with van der Waals surface area (Å²) in [5, 5.41) is 20.7. The zero-order valence-corrected chi connectivity index (χ0v) is 31.0. The molecule has 270 valence electrons. The van der Waals surface area contributed by atoms with Gasteiger partial charge in [-0.3, -0.25) is 19.3 Å². The van der Waals surface area contributed by atoms with Crippen LogP contribution in [-0.4, -0.2) is 95.0 Å². The average molecular weight is 718 g/mol. The number of halogens is 1. The van der Waals surface area contributed by atoms with Gasteiger partial charge in [-0.1, -0.05) is 61.2 Å². The van der Waals surface area contributed by atoms with Crippen LogP contribution >= 0.6 is 11.6 Å². The van der Waals surface area contributed by atoms with Gasteiger partial charge in [-0.05, 0) is 83.4 Å². The number of benzene rings is 1. The molecule has 1 aromatic heterocycles. The fraction of sp³-hybridized carbons (Fsp3) is 0.611. The number of β-amino-alcohol motifs (C(OH)–C–C–N with tert-alkyl or cyclic N) is 1. The van der Waals surface area contributed by atoms with E-state index in [4.69, 9.17) is 11.6 Å². The largest absolute Gasteiger partial charge is 0.390 e. The fourth-order valence-electron chi connectivity index (χ4n) is 6.91. The quantitative estimate of drug-likeness (QED) is 0.243. The minimum Gasteiger partial charge on any atom is -0.390 e. The number of nitrogens with zero attached hydrogens (tertiary/aromatic N) is 2. The fourth-order valence-corrected chi connectivity index (χ4v) is 7.61. The van der Waals surface area contributed by atoms with Crippen molar-refractivity contribution >= 4 is 39.2 Å². The second-order valence-electron chi connectivity index (χ2n) is 15.3. The van der Waals surface area contributed by atoms with Gasteiger partial charge in [-0.2, -0.15) is 0 Å². The SMILES string of the molecule is CC(C)(C)NC(=O)C1CC2CCCCC2CN1CC(O)C(Cc1ccccc1)NC(=O)C(NC(=O)c1ccc(Cl)nc1)C(C)(C)S(C)(=O)=O. The minimum atomic E-state index is -3.89. The van der Waals surface area contributed by atoms with E-state index in [0.717, 1.165) is 37.5 Å². The molecule has 1 aromatic carbocycles. The third-order valence-corrected chi connectivity index (χ3v) is 12.4. The van der Waals surface area contributed by atoms with Crippen LogP contribution in [0.2, 0.25) is 5.15 Å². The molecular weight excluding hydrogens is 666 g/mol. The molecule has 2 aliphatic rings. The van der Waals surface area contributed by atoms with Gasteiger partial charge < -0.3 is 21.1 Å².